The summed E-state index contributed by atoms with van der Waals surface area (Å²) in [5.41, 5.74) is 6.70. The summed E-state index contributed by atoms with van der Waals surface area (Å²) in [5.74, 6) is 0.852. The highest BCUT2D eigenvalue weighted by Gasteiger charge is 2.15. The zero-order valence-corrected chi connectivity index (χ0v) is 22.2. The number of carbonyl (C=O) groups is 1. The van der Waals surface area contributed by atoms with Crippen molar-refractivity contribution in [1.82, 2.24) is 5.43 Å². The Labute approximate surface area is 227 Å². The molecule has 37 heavy (non-hydrogen) atoms. The lowest BCUT2D eigenvalue weighted by atomic mass is 10.1. The lowest BCUT2D eigenvalue weighted by Gasteiger charge is -2.17. The van der Waals surface area contributed by atoms with Crippen LogP contribution in [0.1, 0.15) is 39.9 Å². The van der Waals surface area contributed by atoms with Crippen LogP contribution in [-0.2, 0) is 13.0 Å². The number of benzene rings is 3. The van der Waals surface area contributed by atoms with Crippen molar-refractivity contribution in [2.45, 2.75) is 25.9 Å². The Morgan fingerprint density at radius 1 is 1.08 bits per heavy atom. The van der Waals surface area contributed by atoms with E-state index in [9.17, 15) is 4.79 Å². The summed E-state index contributed by atoms with van der Waals surface area (Å²) in [6.07, 6.45) is 6.33. The molecule has 0 bridgehead atoms. The number of amides is 1. The second-order valence-corrected chi connectivity index (χ2v) is 9.51. The molecule has 3 aromatic carbocycles. The van der Waals surface area contributed by atoms with E-state index < -0.39 is 0 Å². The molecule has 1 saturated heterocycles. The third kappa shape index (κ3) is 6.85. The predicted octanol–water partition coefficient (Wildman–Crippen LogP) is 6.67. The van der Waals surface area contributed by atoms with Gasteiger partial charge < -0.3 is 14.4 Å². The normalized spacial score (nSPS) is 13.1. The molecular formula is C29H29Cl2N3O3. The van der Waals surface area contributed by atoms with Crippen LogP contribution in [0.3, 0.4) is 0 Å². The van der Waals surface area contributed by atoms with Gasteiger partial charge in [0.2, 0.25) is 0 Å². The van der Waals surface area contributed by atoms with Crippen molar-refractivity contribution in [1.29, 1.82) is 0 Å². The van der Waals surface area contributed by atoms with Crippen molar-refractivity contribution in [3.8, 4) is 11.5 Å². The molecule has 6 nitrogen and oxygen atoms in total. The van der Waals surface area contributed by atoms with E-state index in [1.165, 1.54) is 12.8 Å². The first kappa shape index (κ1) is 26.6. The van der Waals surface area contributed by atoms with E-state index in [0.29, 0.717) is 33.5 Å². The molecule has 0 saturated carbocycles. The average Bonchev–Trinajstić information content (AvgIpc) is 3.44. The number of methoxy groups -OCH3 is 1. The standard InChI is InChI=1S/C29H29Cl2N3O3/c1-3-6-22-15-20(16-27(36-2)28(22)37-19-23-7-10-24(30)17-26(23)31)18-32-33-29(35)21-8-11-25(12-9-21)34-13-4-5-14-34/h3,7-12,15-18H,1,4-6,13-14,19H2,2H3,(H,33,35)/b32-18-. The Bertz CT molecular complexity index is 1290. The number of hydrazone groups is 1. The SMILES string of the molecule is C=CCc1cc(/C=N\NC(=O)c2ccc(N3CCCC3)cc2)cc(OC)c1OCc1ccc(Cl)cc1Cl. The first-order valence-corrected chi connectivity index (χ1v) is 12.8. The van der Waals surface area contributed by atoms with Gasteiger partial charge in [-0.3, -0.25) is 4.79 Å². The van der Waals surface area contributed by atoms with Crippen LogP contribution in [0.25, 0.3) is 0 Å². The number of ether oxygens (including phenoxy) is 2. The smallest absolute Gasteiger partial charge is 0.271 e. The van der Waals surface area contributed by atoms with Gasteiger partial charge in [-0.1, -0.05) is 35.3 Å². The zero-order chi connectivity index (χ0) is 26.2. The molecule has 192 valence electrons. The van der Waals surface area contributed by atoms with E-state index >= 15 is 0 Å². The number of hydrogen-bond acceptors (Lipinski definition) is 5. The Hall–Kier alpha value is -3.48. The third-order valence-electron chi connectivity index (χ3n) is 6.11. The summed E-state index contributed by atoms with van der Waals surface area (Å²) in [6, 6.07) is 16.6. The number of carbonyl (C=O) groups excluding carboxylic acids is 1. The number of anilines is 1. The molecule has 4 rings (SSSR count). The molecule has 0 radical (unpaired) electrons. The number of hydrogen-bond donors (Lipinski definition) is 1. The molecular weight excluding hydrogens is 509 g/mol. The van der Waals surface area contributed by atoms with Gasteiger partial charge >= 0.3 is 0 Å². The van der Waals surface area contributed by atoms with Gasteiger partial charge in [0.1, 0.15) is 6.61 Å². The molecule has 1 N–H and O–H groups in total. The van der Waals surface area contributed by atoms with E-state index in [4.69, 9.17) is 32.7 Å². The number of halogens is 2. The van der Waals surface area contributed by atoms with E-state index in [2.05, 4.69) is 22.0 Å². The van der Waals surface area contributed by atoms with E-state index in [0.717, 1.165) is 35.5 Å². The molecule has 1 heterocycles. The van der Waals surface area contributed by atoms with Crippen molar-refractivity contribution in [3.05, 3.63) is 99.6 Å². The van der Waals surface area contributed by atoms with Crippen molar-refractivity contribution in [3.63, 3.8) is 0 Å². The highest BCUT2D eigenvalue weighted by Crippen LogP contribution is 2.34. The summed E-state index contributed by atoms with van der Waals surface area (Å²) in [7, 11) is 1.57. The summed E-state index contributed by atoms with van der Waals surface area (Å²) >= 11 is 12.3. The quantitative estimate of drug-likeness (QED) is 0.178. The van der Waals surface area contributed by atoms with Gasteiger partial charge in [-0.15, -0.1) is 6.58 Å². The van der Waals surface area contributed by atoms with Crippen LogP contribution >= 0.6 is 23.2 Å². The second-order valence-electron chi connectivity index (χ2n) is 8.67. The summed E-state index contributed by atoms with van der Waals surface area (Å²) in [6.45, 7) is 6.22. The molecule has 3 aromatic rings. The minimum absolute atomic E-state index is 0.247. The maximum Gasteiger partial charge on any atom is 0.271 e. The molecule has 0 aliphatic carbocycles. The summed E-state index contributed by atoms with van der Waals surface area (Å²) < 4.78 is 11.7. The minimum atomic E-state index is -0.276. The van der Waals surface area contributed by atoms with E-state index in [1.54, 1.807) is 37.6 Å². The van der Waals surface area contributed by atoms with Crippen LogP contribution in [-0.4, -0.2) is 32.3 Å². The molecule has 0 spiro atoms. The fraction of sp³-hybridized carbons (Fsp3) is 0.241. The molecule has 1 amide bonds. The molecule has 0 aromatic heterocycles. The summed E-state index contributed by atoms with van der Waals surface area (Å²) in [5, 5.41) is 5.24. The van der Waals surface area contributed by atoms with Crippen LogP contribution in [0.5, 0.6) is 11.5 Å². The summed E-state index contributed by atoms with van der Waals surface area (Å²) in [4.78, 5) is 14.9. The lowest BCUT2D eigenvalue weighted by molar-refractivity contribution is 0.0955. The van der Waals surface area contributed by atoms with Crippen LogP contribution in [0.2, 0.25) is 10.0 Å². The first-order valence-electron chi connectivity index (χ1n) is 12.1. The van der Waals surface area contributed by atoms with Crippen LogP contribution in [0.4, 0.5) is 5.69 Å². The number of rotatable bonds is 10. The van der Waals surface area contributed by atoms with Crippen LogP contribution in [0, 0.1) is 0 Å². The van der Waals surface area contributed by atoms with Crippen LogP contribution < -0.4 is 19.8 Å². The molecule has 1 aliphatic heterocycles. The average molecular weight is 538 g/mol. The van der Waals surface area contributed by atoms with Gasteiger partial charge in [0.05, 0.1) is 13.3 Å². The van der Waals surface area contributed by atoms with Gasteiger partial charge in [-0.25, -0.2) is 5.43 Å². The minimum Gasteiger partial charge on any atom is -0.493 e. The molecule has 1 aliphatic rings. The van der Waals surface area contributed by atoms with Gasteiger partial charge in [0, 0.05) is 45.5 Å². The Morgan fingerprint density at radius 2 is 1.84 bits per heavy atom. The molecule has 0 atom stereocenters. The Balaban J connectivity index is 1.45. The van der Waals surface area contributed by atoms with Gasteiger partial charge in [0.15, 0.2) is 11.5 Å². The van der Waals surface area contributed by atoms with E-state index in [-0.39, 0.29) is 12.5 Å². The molecule has 1 fully saturated rings. The number of allylic oxidation sites excluding steroid dienone is 1. The van der Waals surface area contributed by atoms with Gasteiger partial charge in [-0.05, 0) is 73.4 Å². The number of nitrogens with one attached hydrogen (secondary N) is 1. The number of nitrogens with zero attached hydrogens (tertiary/aromatic N) is 2. The lowest BCUT2D eigenvalue weighted by Crippen LogP contribution is -2.19. The van der Waals surface area contributed by atoms with Crippen molar-refractivity contribution >= 4 is 41.0 Å². The monoisotopic (exact) mass is 537 g/mol. The Morgan fingerprint density at radius 3 is 2.51 bits per heavy atom. The first-order chi connectivity index (χ1) is 18.0. The van der Waals surface area contributed by atoms with E-state index in [1.807, 2.05) is 36.4 Å². The predicted molar refractivity (Wildman–Crippen MR) is 151 cm³/mol. The van der Waals surface area contributed by atoms with Crippen molar-refractivity contribution in [2.75, 3.05) is 25.1 Å². The molecule has 0 unspecified atom stereocenters. The van der Waals surface area contributed by atoms with Crippen molar-refractivity contribution < 1.29 is 14.3 Å². The largest absolute Gasteiger partial charge is 0.493 e. The topological polar surface area (TPSA) is 63.2 Å². The van der Waals surface area contributed by atoms with Gasteiger partial charge in [0.25, 0.3) is 5.91 Å². The highest BCUT2D eigenvalue weighted by atomic mass is 35.5. The van der Waals surface area contributed by atoms with Gasteiger partial charge in [-0.2, -0.15) is 5.10 Å². The maximum absolute atomic E-state index is 12.6. The fourth-order valence-corrected chi connectivity index (χ4v) is 4.66. The zero-order valence-electron chi connectivity index (χ0n) is 20.7. The maximum atomic E-state index is 12.6. The van der Waals surface area contributed by atoms with Crippen molar-refractivity contribution in [2.24, 2.45) is 5.10 Å². The van der Waals surface area contributed by atoms with Crippen LogP contribution in [0.15, 0.2) is 72.4 Å². The second kappa shape index (κ2) is 12.7. The fourth-order valence-electron chi connectivity index (χ4n) is 4.20. The Kier molecular flexibility index (Phi) is 9.09. The third-order valence-corrected chi connectivity index (χ3v) is 6.69. The molecule has 8 heteroatoms. The highest BCUT2D eigenvalue weighted by molar-refractivity contribution is 6.35.